The molecule has 0 aliphatic carbocycles. The second-order valence-corrected chi connectivity index (χ2v) is 9.30. The first kappa shape index (κ1) is 25.6. The fraction of sp³-hybridized carbons (Fsp3) is 0.0968. The Bertz CT molecular complexity index is 1770. The van der Waals surface area contributed by atoms with E-state index in [4.69, 9.17) is 14.2 Å². The molecule has 204 valence electrons. The maximum atomic E-state index is 13.8. The summed E-state index contributed by atoms with van der Waals surface area (Å²) < 4.78 is 18.2. The molecule has 3 heterocycles. The minimum absolute atomic E-state index is 0.131. The van der Waals surface area contributed by atoms with Crippen molar-refractivity contribution < 1.29 is 19.0 Å². The topological polar surface area (TPSA) is 117 Å². The molecular formula is C31H25N5O5. The number of hydrogen-bond acceptors (Lipinski definition) is 8. The van der Waals surface area contributed by atoms with Gasteiger partial charge in [-0.3, -0.25) is 14.6 Å². The first-order valence-electron chi connectivity index (χ1n) is 12.8. The molecule has 0 fully saturated rings. The van der Waals surface area contributed by atoms with Crippen LogP contribution < -0.4 is 30.4 Å². The normalized spacial score (nSPS) is 11.6. The van der Waals surface area contributed by atoms with Crippen molar-refractivity contribution in [3.05, 3.63) is 124 Å². The van der Waals surface area contributed by atoms with Gasteiger partial charge < -0.3 is 24.8 Å². The molecule has 5 aromatic rings. The second kappa shape index (κ2) is 11.2. The van der Waals surface area contributed by atoms with Crippen LogP contribution in [0.25, 0.3) is 5.69 Å². The minimum atomic E-state index is -0.432. The van der Waals surface area contributed by atoms with E-state index < -0.39 is 5.56 Å². The lowest BCUT2D eigenvalue weighted by Gasteiger charge is -2.15. The van der Waals surface area contributed by atoms with Gasteiger partial charge in [-0.15, -0.1) is 0 Å². The van der Waals surface area contributed by atoms with Gasteiger partial charge in [0.25, 0.3) is 11.5 Å². The van der Waals surface area contributed by atoms with Crippen molar-refractivity contribution in [1.82, 2.24) is 20.1 Å². The van der Waals surface area contributed by atoms with Gasteiger partial charge in [0.05, 0.1) is 11.9 Å². The zero-order chi connectivity index (χ0) is 28.2. The number of nitrogens with zero attached hydrogens (tertiary/aromatic N) is 3. The van der Waals surface area contributed by atoms with Crippen molar-refractivity contribution in [1.29, 1.82) is 0 Å². The Morgan fingerprint density at radius 3 is 2.66 bits per heavy atom. The monoisotopic (exact) mass is 547 g/mol. The number of aromatic nitrogens is 3. The van der Waals surface area contributed by atoms with Crippen molar-refractivity contribution in [3.8, 4) is 28.7 Å². The van der Waals surface area contributed by atoms with E-state index in [1.54, 1.807) is 54.9 Å². The quantitative estimate of drug-likeness (QED) is 0.275. The van der Waals surface area contributed by atoms with Gasteiger partial charge in [-0.05, 0) is 61.0 Å². The molecule has 0 bridgehead atoms. The van der Waals surface area contributed by atoms with Crippen molar-refractivity contribution in [2.24, 2.45) is 0 Å². The summed E-state index contributed by atoms with van der Waals surface area (Å²) in [6.07, 6.45) is 4.85. The zero-order valence-corrected chi connectivity index (χ0v) is 22.0. The number of carbonyl (C=O) groups excluding carboxylic acids is 1. The number of benzene rings is 3. The summed E-state index contributed by atoms with van der Waals surface area (Å²) in [6, 6.07) is 23.1. The molecule has 0 saturated heterocycles. The first-order chi connectivity index (χ1) is 20.0. The zero-order valence-electron chi connectivity index (χ0n) is 22.0. The van der Waals surface area contributed by atoms with Crippen LogP contribution in [0.4, 0.5) is 11.4 Å². The number of hydrogen-bond donors (Lipinski definition) is 2. The number of pyridine rings is 1. The van der Waals surface area contributed by atoms with Crippen molar-refractivity contribution >= 4 is 17.3 Å². The van der Waals surface area contributed by atoms with Crippen LogP contribution in [0.1, 0.15) is 21.5 Å². The molecule has 0 saturated carbocycles. The number of anilines is 2. The van der Waals surface area contributed by atoms with Crippen LogP contribution in [0.5, 0.6) is 23.0 Å². The summed E-state index contributed by atoms with van der Waals surface area (Å²) in [5.74, 6) is 1.53. The third kappa shape index (κ3) is 5.71. The molecule has 1 aliphatic heterocycles. The van der Waals surface area contributed by atoms with Crippen LogP contribution in [0.3, 0.4) is 0 Å². The molecule has 2 N–H and O–H groups in total. The summed E-state index contributed by atoms with van der Waals surface area (Å²) in [5.41, 5.74) is 3.19. The minimum Gasteiger partial charge on any atom is -0.454 e. The summed E-state index contributed by atoms with van der Waals surface area (Å²) >= 11 is 0. The van der Waals surface area contributed by atoms with Gasteiger partial charge in [-0.2, -0.15) is 9.78 Å². The average molecular weight is 548 g/mol. The van der Waals surface area contributed by atoms with Crippen LogP contribution >= 0.6 is 0 Å². The Kier molecular flexibility index (Phi) is 7.02. The van der Waals surface area contributed by atoms with Crippen LogP contribution in [0.2, 0.25) is 0 Å². The molecule has 1 aliphatic rings. The summed E-state index contributed by atoms with van der Waals surface area (Å²) in [4.78, 5) is 30.7. The van der Waals surface area contributed by atoms with Gasteiger partial charge in [0.15, 0.2) is 22.9 Å². The molecule has 0 atom stereocenters. The van der Waals surface area contributed by atoms with E-state index in [-0.39, 0.29) is 24.1 Å². The van der Waals surface area contributed by atoms with Crippen LogP contribution in [-0.4, -0.2) is 27.5 Å². The van der Waals surface area contributed by atoms with Gasteiger partial charge in [0.2, 0.25) is 6.79 Å². The van der Waals surface area contributed by atoms with Gasteiger partial charge in [-0.1, -0.05) is 29.8 Å². The van der Waals surface area contributed by atoms with E-state index in [0.717, 1.165) is 11.1 Å². The third-order valence-electron chi connectivity index (χ3n) is 6.36. The lowest BCUT2D eigenvalue weighted by atomic mass is 10.1. The highest BCUT2D eigenvalue weighted by Gasteiger charge is 2.19. The van der Waals surface area contributed by atoms with E-state index in [1.807, 2.05) is 43.3 Å². The third-order valence-corrected chi connectivity index (χ3v) is 6.36. The fourth-order valence-electron chi connectivity index (χ4n) is 4.24. The number of carbonyl (C=O) groups is 1. The predicted molar refractivity (Wildman–Crippen MR) is 152 cm³/mol. The molecule has 6 rings (SSSR count). The number of nitrogens with one attached hydrogen (secondary N) is 2. The maximum absolute atomic E-state index is 13.8. The Hall–Kier alpha value is -5.64. The van der Waals surface area contributed by atoms with Gasteiger partial charge in [0, 0.05) is 36.3 Å². The Balaban J connectivity index is 1.31. The highest BCUT2D eigenvalue weighted by molar-refractivity contribution is 5.95. The van der Waals surface area contributed by atoms with E-state index in [9.17, 15) is 9.59 Å². The first-order valence-corrected chi connectivity index (χ1v) is 12.8. The summed E-state index contributed by atoms with van der Waals surface area (Å²) in [6.45, 7) is 2.44. The molecule has 10 heteroatoms. The lowest BCUT2D eigenvalue weighted by molar-refractivity contribution is 0.0951. The van der Waals surface area contributed by atoms with Crippen LogP contribution in [-0.2, 0) is 6.54 Å². The van der Waals surface area contributed by atoms with Crippen molar-refractivity contribution in [2.75, 3.05) is 12.1 Å². The van der Waals surface area contributed by atoms with Gasteiger partial charge in [0.1, 0.15) is 5.75 Å². The number of ether oxygens (including phenoxy) is 3. The van der Waals surface area contributed by atoms with E-state index >= 15 is 0 Å². The van der Waals surface area contributed by atoms with Crippen molar-refractivity contribution in [3.63, 3.8) is 0 Å². The number of aryl methyl sites for hydroxylation is 1. The molecule has 2 aromatic heterocycles. The Morgan fingerprint density at radius 1 is 0.976 bits per heavy atom. The molecule has 1 amide bonds. The molecule has 10 nitrogen and oxygen atoms in total. The number of amides is 1. The second-order valence-electron chi connectivity index (χ2n) is 9.30. The molecule has 41 heavy (non-hydrogen) atoms. The number of fused-ring (bicyclic) bond motifs is 1. The number of rotatable bonds is 8. The van der Waals surface area contributed by atoms with Crippen LogP contribution in [0, 0.1) is 6.92 Å². The molecule has 0 unspecified atom stereocenters. The Morgan fingerprint density at radius 2 is 1.83 bits per heavy atom. The van der Waals surface area contributed by atoms with E-state index in [0.29, 0.717) is 40.7 Å². The molecule has 0 spiro atoms. The fourth-order valence-corrected chi connectivity index (χ4v) is 4.24. The largest absolute Gasteiger partial charge is 0.454 e. The molecular weight excluding hydrogens is 522 g/mol. The van der Waals surface area contributed by atoms with E-state index in [2.05, 4.69) is 20.7 Å². The van der Waals surface area contributed by atoms with Gasteiger partial charge in [-0.25, -0.2) is 0 Å². The average Bonchev–Trinajstić information content (AvgIpc) is 3.47. The Labute approximate surface area is 235 Å². The van der Waals surface area contributed by atoms with E-state index in [1.165, 1.54) is 10.9 Å². The highest BCUT2D eigenvalue weighted by atomic mass is 16.7. The lowest BCUT2D eigenvalue weighted by Crippen LogP contribution is -2.24. The van der Waals surface area contributed by atoms with Crippen LogP contribution in [0.15, 0.2) is 102 Å². The van der Waals surface area contributed by atoms with Gasteiger partial charge >= 0.3 is 0 Å². The summed E-state index contributed by atoms with van der Waals surface area (Å²) in [5, 5.41) is 10.4. The van der Waals surface area contributed by atoms with Crippen molar-refractivity contribution in [2.45, 2.75) is 13.5 Å². The highest BCUT2D eigenvalue weighted by Crippen LogP contribution is 2.37. The smallest absolute Gasteiger partial charge is 0.299 e. The SMILES string of the molecule is Cc1ccc(-n2ncc(Oc3ccc4c(c3)OCO4)c(Nc3cccc(C(=O)NCc4cccnc4)c3)c2=O)cc1. The predicted octanol–water partition coefficient (Wildman–Crippen LogP) is 5.13. The molecule has 0 radical (unpaired) electrons. The molecule has 3 aromatic carbocycles. The summed E-state index contributed by atoms with van der Waals surface area (Å²) in [7, 11) is 0. The standard InChI is InChI=1S/C31H25N5O5/c1-20-7-9-24(10-8-20)36-31(38)29(28(18-34-36)41-25-11-12-26-27(15-25)40-19-39-26)35-23-6-2-5-22(14-23)30(37)33-17-21-4-3-13-32-16-21/h2-16,18,35H,17,19H2,1H3,(H,33,37). The maximum Gasteiger partial charge on any atom is 0.299 e.